The zero-order valence-corrected chi connectivity index (χ0v) is 14.9. The summed E-state index contributed by atoms with van der Waals surface area (Å²) in [5, 5.41) is 1.98. The highest BCUT2D eigenvalue weighted by atomic mass is 32.2. The molecule has 2 aliphatic heterocycles. The molecule has 0 bridgehead atoms. The monoisotopic (exact) mass is 367 g/mol. The number of Topliss-reactive ketones (excluding diaryl/α,β-unsaturated/α-hetero) is 1. The molecule has 6 heteroatoms. The Morgan fingerprint density at radius 1 is 1.16 bits per heavy atom. The first-order valence-corrected chi connectivity index (χ1v) is 9.26. The lowest BCUT2D eigenvalue weighted by molar-refractivity contribution is -0.117. The molecule has 4 nitrogen and oxygen atoms in total. The van der Waals surface area contributed by atoms with E-state index in [0.29, 0.717) is 10.4 Å². The summed E-state index contributed by atoms with van der Waals surface area (Å²) in [6.45, 7) is 0. The van der Waals surface area contributed by atoms with Gasteiger partial charge in [-0.3, -0.25) is 14.5 Å². The first-order valence-electron chi connectivity index (χ1n) is 7.56. The Balaban J connectivity index is 1.64. The number of carbonyl (C=O) groups excluding carboxylic acids is 2. The SMILES string of the molecule is COC1=CC=C/C(=C\C2=S=C3SC=C(c4ccccc4)N3C2=O)C1=O. The Bertz CT molecular complexity index is 977. The molecule has 124 valence electrons. The van der Waals surface area contributed by atoms with Crippen LogP contribution in [0, 0.1) is 0 Å². The van der Waals surface area contributed by atoms with Crippen molar-refractivity contribution in [3.05, 3.63) is 76.9 Å². The van der Waals surface area contributed by atoms with E-state index >= 15 is 0 Å². The van der Waals surface area contributed by atoms with Crippen molar-refractivity contribution in [2.24, 2.45) is 0 Å². The molecule has 1 aromatic carbocycles. The number of fused-ring (bicyclic) bond motifs is 1. The second-order valence-corrected chi connectivity index (χ2v) is 7.53. The number of hydrogen-bond acceptors (Lipinski definition) is 4. The number of hydrogen-bond donors (Lipinski definition) is 0. The van der Waals surface area contributed by atoms with E-state index in [1.807, 2.05) is 35.7 Å². The van der Waals surface area contributed by atoms with Gasteiger partial charge in [-0.25, -0.2) is 0 Å². The summed E-state index contributed by atoms with van der Waals surface area (Å²) in [5.74, 6) is -0.0473. The van der Waals surface area contributed by atoms with Gasteiger partial charge < -0.3 is 4.74 Å². The predicted molar refractivity (Wildman–Crippen MR) is 104 cm³/mol. The average molecular weight is 367 g/mol. The molecule has 1 amide bonds. The van der Waals surface area contributed by atoms with Gasteiger partial charge in [0.1, 0.15) is 4.32 Å². The number of ketones is 1. The third-order valence-electron chi connectivity index (χ3n) is 3.89. The third-order valence-corrected chi connectivity index (χ3v) is 6.02. The minimum Gasteiger partial charge on any atom is -0.493 e. The lowest BCUT2D eigenvalue weighted by Crippen LogP contribution is -2.30. The largest absolute Gasteiger partial charge is 0.493 e. The summed E-state index contributed by atoms with van der Waals surface area (Å²) >= 11 is 1.52. The molecule has 4 rings (SSSR count). The summed E-state index contributed by atoms with van der Waals surface area (Å²) in [4.78, 5) is 27.4. The summed E-state index contributed by atoms with van der Waals surface area (Å²) in [6.07, 6.45) is 6.70. The number of nitrogens with zero attached hydrogens (tertiary/aromatic N) is 1. The van der Waals surface area contributed by atoms with Gasteiger partial charge in [0.05, 0.1) is 17.7 Å². The molecule has 0 fully saturated rings. The zero-order valence-electron chi connectivity index (χ0n) is 13.3. The van der Waals surface area contributed by atoms with Gasteiger partial charge in [-0.2, -0.15) is 0 Å². The Hall–Kier alpha value is -2.57. The molecule has 3 aliphatic rings. The Morgan fingerprint density at radius 3 is 2.72 bits per heavy atom. The molecule has 0 spiro atoms. The smallest absolute Gasteiger partial charge is 0.274 e. The number of carbonyl (C=O) groups is 2. The molecule has 0 saturated carbocycles. The summed E-state index contributed by atoms with van der Waals surface area (Å²) in [7, 11) is 2.85. The van der Waals surface area contributed by atoms with E-state index in [1.54, 1.807) is 29.2 Å². The van der Waals surface area contributed by atoms with Gasteiger partial charge in [0, 0.05) is 11.0 Å². The van der Waals surface area contributed by atoms with Gasteiger partial charge in [0.25, 0.3) is 5.91 Å². The molecule has 25 heavy (non-hydrogen) atoms. The molecule has 0 unspecified atom stereocenters. The van der Waals surface area contributed by atoms with E-state index in [-0.39, 0.29) is 17.4 Å². The van der Waals surface area contributed by atoms with E-state index in [0.717, 1.165) is 15.6 Å². The Morgan fingerprint density at radius 2 is 1.96 bits per heavy atom. The molecule has 1 aliphatic carbocycles. The van der Waals surface area contributed by atoms with Crippen molar-refractivity contribution >= 4 is 49.3 Å². The van der Waals surface area contributed by atoms with Crippen LogP contribution in [0.3, 0.4) is 0 Å². The fourth-order valence-electron chi connectivity index (χ4n) is 2.67. The number of methoxy groups -OCH3 is 1. The molecule has 0 saturated heterocycles. The van der Waals surface area contributed by atoms with Gasteiger partial charge in [-0.15, -0.1) is 10.9 Å². The van der Waals surface area contributed by atoms with Crippen LogP contribution >= 0.6 is 22.7 Å². The highest BCUT2D eigenvalue weighted by molar-refractivity contribution is 8.29. The first-order chi connectivity index (χ1) is 12.2. The van der Waals surface area contributed by atoms with Crippen LogP contribution in [0.1, 0.15) is 5.56 Å². The van der Waals surface area contributed by atoms with E-state index in [2.05, 4.69) is 0 Å². The molecule has 2 heterocycles. The van der Waals surface area contributed by atoms with Crippen LogP contribution in [0.2, 0.25) is 0 Å². The van der Waals surface area contributed by atoms with E-state index in [4.69, 9.17) is 4.74 Å². The normalized spacial score (nSPS) is 20.7. The quantitative estimate of drug-likeness (QED) is 0.608. The van der Waals surface area contributed by atoms with E-state index in [9.17, 15) is 9.59 Å². The van der Waals surface area contributed by atoms with Crippen LogP contribution in [0.5, 0.6) is 0 Å². The molecule has 0 N–H and O–H groups in total. The van der Waals surface area contributed by atoms with Gasteiger partial charge in [-0.1, -0.05) is 54.2 Å². The second kappa shape index (κ2) is 6.38. The van der Waals surface area contributed by atoms with Crippen LogP contribution in [0.15, 0.2) is 71.4 Å². The molecule has 0 radical (unpaired) electrons. The van der Waals surface area contributed by atoms with Crippen molar-refractivity contribution in [3.63, 3.8) is 0 Å². The van der Waals surface area contributed by atoms with Crippen molar-refractivity contribution in [2.75, 3.05) is 7.11 Å². The van der Waals surface area contributed by atoms with E-state index in [1.165, 1.54) is 29.8 Å². The molecule has 0 atom stereocenters. The fraction of sp³-hybridized carbons (Fsp3) is 0.0526. The molecular weight excluding hydrogens is 354 g/mol. The minimum absolute atomic E-state index is 0.109. The summed E-state index contributed by atoms with van der Waals surface area (Å²) in [5.41, 5.74) is 2.31. The number of rotatable bonds is 3. The summed E-state index contributed by atoms with van der Waals surface area (Å²) < 4.78 is 5.96. The minimum atomic E-state index is -0.213. The maximum absolute atomic E-state index is 12.9. The number of allylic oxidation sites excluding steroid dienone is 4. The fourth-order valence-corrected chi connectivity index (χ4v) is 4.84. The van der Waals surface area contributed by atoms with Crippen LogP contribution in [0.4, 0.5) is 0 Å². The van der Waals surface area contributed by atoms with Crippen molar-refractivity contribution in [3.8, 4) is 0 Å². The number of benzene rings is 1. The average Bonchev–Trinajstić information content (AvgIpc) is 3.18. The van der Waals surface area contributed by atoms with Gasteiger partial charge >= 0.3 is 0 Å². The first kappa shape index (κ1) is 15.9. The highest BCUT2D eigenvalue weighted by Gasteiger charge is 2.35. The molecule has 0 aromatic heterocycles. The maximum Gasteiger partial charge on any atom is 0.274 e. The standard InChI is InChI=1S/C19H13NO3S2/c1-23-15-9-5-8-13(17(15)21)10-16-18(22)20-14(11-24-19(20)25-16)12-6-3-2-4-7-12/h2-11H,1H3/b13-10+. The van der Waals surface area contributed by atoms with Crippen molar-refractivity contribution < 1.29 is 14.3 Å². The van der Waals surface area contributed by atoms with Crippen molar-refractivity contribution in [1.82, 2.24) is 4.90 Å². The lowest BCUT2D eigenvalue weighted by Gasteiger charge is -2.16. The summed E-state index contributed by atoms with van der Waals surface area (Å²) in [6, 6.07) is 9.80. The van der Waals surface area contributed by atoms with Crippen LogP contribution in [-0.4, -0.2) is 32.9 Å². The van der Waals surface area contributed by atoms with Crippen LogP contribution in [0.25, 0.3) is 5.70 Å². The third kappa shape index (κ3) is 2.73. The molecule has 1 aromatic rings. The maximum atomic E-state index is 12.9. The van der Waals surface area contributed by atoms with Gasteiger partial charge in [0.15, 0.2) is 5.76 Å². The highest BCUT2D eigenvalue weighted by Crippen LogP contribution is 2.37. The topological polar surface area (TPSA) is 46.6 Å². The van der Waals surface area contributed by atoms with Crippen molar-refractivity contribution in [2.45, 2.75) is 0 Å². The number of ether oxygens (including phenoxy) is 1. The zero-order chi connectivity index (χ0) is 17.4. The second-order valence-electron chi connectivity index (χ2n) is 5.38. The van der Waals surface area contributed by atoms with Crippen LogP contribution < -0.4 is 0 Å². The van der Waals surface area contributed by atoms with Gasteiger partial charge in [0.2, 0.25) is 5.78 Å². The van der Waals surface area contributed by atoms with E-state index < -0.39 is 0 Å². The number of thioether (sulfide) groups is 1. The predicted octanol–water partition coefficient (Wildman–Crippen LogP) is 3.16. The molecular formula is C19H13NO3S2. The number of amides is 1. The Kier molecular flexibility index (Phi) is 4.07. The lowest BCUT2D eigenvalue weighted by atomic mass is 10.0. The van der Waals surface area contributed by atoms with Gasteiger partial charge in [-0.05, 0) is 17.7 Å². The van der Waals surface area contributed by atoms with Crippen molar-refractivity contribution in [1.29, 1.82) is 0 Å². The van der Waals surface area contributed by atoms with Crippen LogP contribution in [-0.2, 0) is 14.3 Å². The Labute approximate surface area is 152 Å².